The number of aliphatic hydroxyl groups excluding tert-OH is 1. The molecule has 6 heteroatoms. The maximum absolute atomic E-state index is 11.8. The molecule has 6 nitrogen and oxygen atoms in total. The third-order valence-corrected chi connectivity index (χ3v) is 3.62. The Kier molecular flexibility index (Phi) is 8.01. The molecular formula is C16H27N3O3. The van der Waals surface area contributed by atoms with E-state index in [-0.39, 0.29) is 18.1 Å². The fraction of sp³-hybridized carbons (Fsp3) is 0.625. The highest BCUT2D eigenvalue weighted by atomic mass is 16.5. The third-order valence-electron chi connectivity index (χ3n) is 3.62. The Morgan fingerprint density at radius 3 is 2.73 bits per heavy atom. The van der Waals surface area contributed by atoms with E-state index in [9.17, 15) is 9.90 Å². The third kappa shape index (κ3) is 5.71. The number of ether oxygens (including phenoxy) is 1. The molecule has 0 aliphatic rings. The minimum absolute atomic E-state index is 0.0538. The number of nitrogens with one attached hydrogen (secondary N) is 1. The molecule has 0 spiro atoms. The van der Waals surface area contributed by atoms with Gasteiger partial charge in [0.15, 0.2) is 0 Å². The fourth-order valence-corrected chi connectivity index (χ4v) is 2.32. The Labute approximate surface area is 132 Å². The minimum atomic E-state index is -0.563. The second-order valence-corrected chi connectivity index (χ2v) is 5.48. The SMILES string of the molecule is CCC(C(O)[C@H](C)OCCNC(=O)c1ccccn1)N(C)C. The summed E-state index contributed by atoms with van der Waals surface area (Å²) >= 11 is 0. The predicted molar refractivity (Wildman–Crippen MR) is 85.8 cm³/mol. The Morgan fingerprint density at radius 2 is 2.18 bits per heavy atom. The number of carbonyl (C=O) groups excluding carboxylic acids is 1. The average molecular weight is 309 g/mol. The molecule has 2 N–H and O–H groups in total. The first-order chi connectivity index (χ1) is 10.5. The second-order valence-electron chi connectivity index (χ2n) is 5.48. The molecule has 0 fully saturated rings. The highest BCUT2D eigenvalue weighted by Crippen LogP contribution is 2.11. The molecule has 1 heterocycles. The number of aromatic nitrogens is 1. The zero-order chi connectivity index (χ0) is 16.5. The number of amides is 1. The summed E-state index contributed by atoms with van der Waals surface area (Å²) in [5.74, 6) is -0.225. The summed E-state index contributed by atoms with van der Waals surface area (Å²) in [5, 5.41) is 13.0. The standard InChI is InChI=1S/C16H27N3O3/c1-5-14(19(3)4)15(20)12(2)22-11-10-18-16(21)13-8-6-7-9-17-13/h6-9,12,14-15,20H,5,10-11H2,1-4H3,(H,18,21)/t12-,14?,15?/m0/s1. The maximum Gasteiger partial charge on any atom is 0.269 e. The van der Waals surface area contributed by atoms with E-state index in [2.05, 4.69) is 10.3 Å². The number of carbonyl (C=O) groups is 1. The number of likely N-dealkylation sites (N-methyl/N-ethyl adjacent to an activating group) is 1. The number of nitrogens with zero attached hydrogens (tertiary/aromatic N) is 2. The van der Waals surface area contributed by atoms with Crippen molar-refractivity contribution >= 4 is 5.91 Å². The Hall–Kier alpha value is -1.50. The van der Waals surface area contributed by atoms with E-state index in [1.54, 1.807) is 24.4 Å². The van der Waals surface area contributed by atoms with E-state index >= 15 is 0 Å². The van der Waals surface area contributed by atoms with Crippen LogP contribution < -0.4 is 5.32 Å². The van der Waals surface area contributed by atoms with Gasteiger partial charge in [0, 0.05) is 18.8 Å². The van der Waals surface area contributed by atoms with Gasteiger partial charge >= 0.3 is 0 Å². The summed E-state index contributed by atoms with van der Waals surface area (Å²) in [7, 11) is 3.88. The molecule has 2 unspecified atom stereocenters. The first-order valence-corrected chi connectivity index (χ1v) is 7.62. The molecule has 0 aliphatic carbocycles. The van der Waals surface area contributed by atoms with Crippen molar-refractivity contribution in [2.45, 2.75) is 38.5 Å². The molecule has 0 aliphatic heterocycles. The van der Waals surface area contributed by atoms with E-state index in [0.717, 1.165) is 6.42 Å². The Morgan fingerprint density at radius 1 is 1.45 bits per heavy atom. The number of rotatable bonds is 9. The summed E-state index contributed by atoms with van der Waals surface area (Å²) in [6.07, 6.45) is 1.57. The molecular weight excluding hydrogens is 282 g/mol. The van der Waals surface area contributed by atoms with Crippen molar-refractivity contribution < 1.29 is 14.6 Å². The van der Waals surface area contributed by atoms with Crippen LogP contribution in [-0.2, 0) is 4.74 Å². The fourth-order valence-electron chi connectivity index (χ4n) is 2.32. The van der Waals surface area contributed by atoms with Crippen LogP contribution in [0.3, 0.4) is 0 Å². The van der Waals surface area contributed by atoms with E-state index in [0.29, 0.717) is 18.8 Å². The molecule has 0 saturated heterocycles. The van der Waals surface area contributed by atoms with Crippen LogP contribution in [0.15, 0.2) is 24.4 Å². The Balaban J connectivity index is 2.30. The number of pyridine rings is 1. The van der Waals surface area contributed by atoms with Gasteiger partial charge in [0.05, 0.1) is 18.8 Å². The lowest BCUT2D eigenvalue weighted by molar-refractivity contribution is -0.0580. The van der Waals surface area contributed by atoms with Gasteiger partial charge in [0.25, 0.3) is 5.91 Å². The van der Waals surface area contributed by atoms with Gasteiger partial charge in [-0.3, -0.25) is 9.78 Å². The van der Waals surface area contributed by atoms with Gasteiger partial charge in [-0.15, -0.1) is 0 Å². The van der Waals surface area contributed by atoms with Crippen LogP contribution in [0.4, 0.5) is 0 Å². The van der Waals surface area contributed by atoms with Crippen LogP contribution in [0.2, 0.25) is 0 Å². The van der Waals surface area contributed by atoms with Crippen molar-refractivity contribution in [2.24, 2.45) is 0 Å². The lowest BCUT2D eigenvalue weighted by Crippen LogP contribution is -2.45. The predicted octanol–water partition coefficient (Wildman–Crippen LogP) is 0.918. The van der Waals surface area contributed by atoms with Crippen LogP contribution in [0, 0.1) is 0 Å². The molecule has 1 amide bonds. The van der Waals surface area contributed by atoms with Crippen LogP contribution >= 0.6 is 0 Å². The maximum atomic E-state index is 11.8. The quantitative estimate of drug-likeness (QED) is 0.664. The van der Waals surface area contributed by atoms with E-state index in [1.807, 2.05) is 32.8 Å². The lowest BCUT2D eigenvalue weighted by Gasteiger charge is -2.31. The highest BCUT2D eigenvalue weighted by molar-refractivity contribution is 5.92. The first-order valence-electron chi connectivity index (χ1n) is 7.62. The van der Waals surface area contributed by atoms with Gasteiger partial charge in [-0.25, -0.2) is 0 Å². The van der Waals surface area contributed by atoms with Crippen molar-refractivity contribution in [3.8, 4) is 0 Å². The smallest absolute Gasteiger partial charge is 0.269 e. The van der Waals surface area contributed by atoms with Crippen molar-refractivity contribution in [3.05, 3.63) is 30.1 Å². The zero-order valence-corrected chi connectivity index (χ0v) is 13.8. The van der Waals surface area contributed by atoms with Crippen molar-refractivity contribution in [3.63, 3.8) is 0 Å². The Bertz CT molecular complexity index is 440. The summed E-state index contributed by atoms with van der Waals surface area (Å²) < 4.78 is 5.61. The molecule has 22 heavy (non-hydrogen) atoms. The topological polar surface area (TPSA) is 74.7 Å². The summed E-state index contributed by atoms with van der Waals surface area (Å²) in [6, 6.07) is 5.24. The molecule has 0 radical (unpaired) electrons. The highest BCUT2D eigenvalue weighted by Gasteiger charge is 2.25. The van der Waals surface area contributed by atoms with Crippen molar-refractivity contribution in [1.82, 2.24) is 15.2 Å². The van der Waals surface area contributed by atoms with Crippen LogP contribution in [0.25, 0.3) is 0 Å². The number of aliphatic hydroxyl groups is 1. The van der Waals surface area contributed by atoms with Crippen LogP contribution in [0.1, 0.15) is 30.8 Å². The molecule has 1 aromatic rings. The van der Waals surface area contributed by atoms with Gasteiger partial charge in [0.1, 0.15) is 5.69 Å². The van der Waals surface area contributed by atoms with Crippen LogP contribution in [0.5, 0.6) is 0 Å². The van der Waals surface area contributed by atoms with Gasteiger partial charge in [-0.05, 0) is 39.6 Å². The van der Waals surface area contributed by atoms with Crippen LogP contribution in [-0.4, -0.2) is 66.4 Å². The summed E-state index contributed by atoms with van der Waals surface area (Å²) in [6.45, 7) is 4.61. The lowest BCUT2D eigenvalue weighted by atomic mass is 10.0. The van der Waals surface area contributed by atoms with E-state index in [4.69, 9.17) is 4.74 Å². The second kappa shape index (κ2) is 9.50. The minimum Gasteiger partial charge on any atom is -0.389 e. The molecule has 1 rings (SSSR count). The monoisotopic (exact) mass is 309 g/mol. The number of hydrogen-bond donors (Lipinski definition) is 2. The molecule has 124 valence electrons. The summed E-state index contributed by atoms with van der Waals surface area (Å²) in [5.41, 5.74) is 0.384. The number of hydrogen-bond acceptors (Lipinski definition) is 5. The molecule has 0 saturated carbocycles. The summed E-state index contributed by atoms with van der Waals surface area (Å²) in [4.78, 5) is 17.8. The molecule has 1 aromatic heterocycles. The normalized spacial score (nSPS) is 15.4. The molecule has 3 atom stereocenters. The average Bonchev–Trinajstić information content (AvgIpc) is 2.52. The van der Waals surface area contributed by atoms with E-state index in [1.165, 1.54) is 0 Å². The van der Waals surface area contributed by atoms with Crippen molar-refractivity contribution in [2.75, 3.05) is 27.2 Å². The van der Waals surface area contributed by atoms with Crippen molar-refractivity contribution in [1.29, 1.82) is 0 Å². The largest absolute Gasteiger partial charge is 0.389 e. The molecule has 0 bridgehead atoms. The first kappa shape index (κ1) is 18.5. The van der Waals surface area contributed by atoms with Gasteiger partial charge in [-0.2, -0.15) is 0 Å². The zero-order valence-electron chi connectivity index (χ0n) is 13.8. The van der Waals surface area contributed by atoms with Gasteiger partial charge in [-0.1, -0.05) is 13.0 Å². The molecule has 0 aromatic carbocycles. The van der Waals surface area contributed by atoms with Gasteiger partial charge < -0.3 is 20.1 Å². The van der Waals surface area contributed by atoms with Gasteiger partial charge in [0.2, 0.25) is 0 Å². The van der Waals surface area contributed by atoms with E-state index < -0.39 is 6.10 Å².